The van der Waals surface area contributed by atoms with Crippen molar-refractivity contribution in [3.05, 3.63) is 63.0 Å². The van der Waals surface area contributed by atoms with Crippen LogP contribution in [0.3, 0.4) is 0 Å². The molecule has 0 bridgehead atoms. The van der Waals surface area contributed by atoms with Crippen LogP contribution in [0, 0.1) is 0 Å². The molecule has 0 radical (unpaired) electrons. The third-order valence-corrected chi connectivity index (χ3v) is 5.23. The predicted molar refractivity (Wildman–Crippen MR) is 88.9 cm³/mol. The van der Waals surface area contributed by atoms with Crippen LogP contribution >= 0.6 is 27.3 Å². The Kier molecular flexibility index (Phi) is 4.48. The average Bonchev–Trinajstić information content (AvgIpc) is 3.15. The molecule has 0 saturated carbocycles. The van der Waals surface area contributed by atoms with Gasteiger partial charge in [-0.3, -0.25) is 0 Å². The molecule has 2 aromatic heterocycles. The van der Waals surface area contributed by atoms with Gasteiger partial charge in [-0.2, -0.15) is 15.0 Å². The molecule has 0 aliphatic rings. The minimum absolute atomic E-state index is 0.150. The summed E-state index contributed by atoms with van der Waals surface area (Å²) in [6.45, 7) is 0. The summed E-state index contributed by atoms with van der Waals surface area (Å²) in [6.07, 6.45) is 2.72. The third kappa shape index (κ3) is 3.23. The van der Waals surface area contributed by atoms with E-state index in [1.54, 1.807) is 16.1 Å². The van der Waals surface area contributed by atoms with E-state index < -0.39 is 0 Å². The molecule has 0 fully saturated rings. The number of para-hydroxylation sites is 1. The minimum atomic E-state index is 0.150. The number of likely N-dealkylation sites (N-methyl/N-ethyl adjacent to an activating group) is 1. The summed E-state index contributed by atoms with van der Waals surface area (Å²) in [4.78, 5) is 2.98. The highest BCUT2D eigenvalue weighted by atomic mass is 79.9. The highest BCUT2D eigenvalue weighted by Crippen LogP contribution is 2.27. The first kappa shape index (κ1) is 14.4. The Balaban J connectivity index is 1.82. The fourth-order valence-electron chi connectivity index (χ4n) is 2.13. The van der Waals surface area contributed by atoms with Crippen molar-refractivity contribution in [1.29, 1.82) is 0 Å². The largest absolute Gasteiger partial charge is 0.311 e. The number of hydrogen-bond acceptors (Lipinski definition) is 4. The van der Waals surface area contributed by atoms with Crippen molar-refractivity contribution >= 4 is 27.3 Å². The molecular weight excluding hydrogens is 348 g/mol. The molecular formula is C15H15BrN4S. The molecule has 3 rings (SSSR count). The number of thiophene rings is 1. The third-order valence-electron chi connectivity index (χ3n) is 3.28. The standard InChI is InChI=1S/C15H15BrN4S/c1-17-13(9-15-12(16)7-8-21-15)14-10-18-20(19-14)11-5-3-2-4-6-11/h2-8,10,13,17H,9H2,1H3. The van der Waals surface area contributed by atoms with Gasteiger partial charge in [0.25, 0.3) is 0 Å². The number of nitrogens with zero attached hydrogens (tertiary/aromatic N) is 3. The van der Waals surface area contributed by atoms with Gasteiger partial charge >= 0.3 is 0 Å². The van der Waals surface area contributed by atoms with Gasteiger partial charge in [0, 0.05) is 15.8 Å². The van der Waals surface area contributed by atoms with Crippen LogP contribution < -0.4 is 5.32 Å². The monoisotopic (exact) mass is 362 g/mol. The number of hydrogen-bond donors (Lipinski definition) is 1. The van der Waals surface area contributed by atoms with E-state index in [-0.39, 0.29) is 6.04 Å². The molecule has 21 heavy (non-hydrogen) atoms. The van der Waals surface area contributed by atoms with Crippen LogP contribution in [0.15, 0.2) is 52.4 Å². The average molecular weight is 363 g/mol. The number of halogens is 1. The molecule has 2 heterocycles. The lowest BCUT2D eigenvalue weighted by molar-refractivity contribution is 0.570. The Morgan fingerprint density at radius 1 is 1.29 bits per heavy atom. The van der Waals surface area contributed by atoms with Crippen LogP contribution in [-0.4, -0.2) is 22.0 Å². The molecule has 1 atom stereocenters. The van der Waals surface area contributed by atoms with E-state index in [4.69, 9.17) is 0 Å². The molecule has 1 aromatic carbocycles. The Bertz CT molecular complexity index is 707. The van der Waals surface area contributed by atoms with Crippen LogP contribution in [0.5, 0.6) is 0 Å². The Labute approximate surface area is 135 Å². The predicted octanol–water partition coefficient (Wildman–Crippen LogP) is 3.59. The number of nitrogens with one attached hydrogen (secondary N) is 1. The maximum Gasteiger partial charge on any atom is 0.100 e. The quantitative estimate of drug-likeness (QED) is 0.753. The van der Waals surface area contributed by atoms with Gasteiger partial charge < -0.3 is 5.32 Å². The van der Waals surface area contributed by atoms with Gasteiger partial charge in [-0.1, -0.05) is 18.2 Å². The lowest BCUT2D eigenvalue weighted by Crippen LogP contribution is -2.19. The topological polar surface area (TPSA) is 42.7 Å². The molecule has 0 spiro atoms. The summed E-state index contributed by atoms with van der Waals surface area (Å²) in [5.74, 6) is 0. The molecule has 1 N–H and O–H groups in total. The zero-order valence-electron chi connectivity index (χ0n) is 11.5. The van der Waals surface area contributed by atoms with E-state index in [0.717, 1.165) is 22.3 Å². The van der Waals surface area contributed by atoms with Crippen LogP contribution in [0.25, 0.3) is 5.69 Å². The zero-order valence-corrected chi connectivity index (χ0v) is 13.9. The van der Waals surface area contributed by atoms with E-state index in [0.29, 0.717) is 0 Å². The van der Waals surface area contributed by atoms with Crippen LogP contribution in [-0.2, 0) is 6.42 Å². The Hall–Kier alpha value is -1.50. The SMILES string of the molecule is CNC(Cc1sccc1Br)c1cnn(-c2ccccc2)n1. The van der Waals surface area contributed by atoms with Crippen molar-refractivity contribution in [3.8, 4) is 5.69 Å². The molecule has 6 heteroatoms. The second-order valence-electron chi connectivity index (χ2n) is 4.63. The summed E-state index contributed by atoms with van der Waals surface area (Å²) in [6, 6.07) is 12.2. The van der Waals surface area contributed by atoms with Crippen LogP contribution in [0.2, 0.25) is 0 Å². The number of aromatic nitrogens is 3. The molecule has 0 saturated heterocycles. The fourth-order valence-corrected chi connectivity index (χ4v) is 3.69. The number of rotatable bonds is 5. The molecule has 3 aromatic rings. The summed E-state index contributed by atoms with van der Waals surface area (Å²) in [5, 5.41) is 14.4. The van der Waals surface area contributed by atoms with E-state index in [1.807, 2.05) is 43.6 Å². The van der Waals surface area contributed by atoms with Gasteiger partial charge in [0.15, 0.2) is 0 Å². The van der Waals surface area contributed by atoms with Gasteiger partial charge in [-0.15, -0.1) is 11.3 Å². The highest BCUT2D eigenvalue weighted by molar-refractivity contribution is 9.10. The summed E-state index contributed by atoms with van der Waals surface area (Å²) < 4.78 is 1.16. The normalized spacial score (nSPS) is 12.5. The number of benzene rings is 1. The maximum atomic E-state index is 4.59. The van der Waals surface area contributed by atoms with Crippen molar-refractivity contribution in [2.75, 3.05) is 7.05 Å². The van der Waals surface area contributed by atoms with E-state index in [1.165, 1.54) is 4.88 Å². The molecule has 0 aliphatic heterocycles. The molecule has 0 amide bonds. The summed E-state index contributed by atoms with van der Waals surface area (Å²) in [7, 11) is 1.95. The molecule has 108 valence electrons. The van der Waals surface area contributed by atoms with E-state index in [9.17, 15) is 0 Å². The van der Waals surface area contributed by atoms with Gasteiger partial charge in [-0.05, 0) is 46.6 Å². The van der Waals surface area contributed by atoms with Gasteiger partial charge in [0.1, 0.15) is 5.69 Å². The fraction of sp³-hybridized carbons (Fsp3) is 0.200. The van der Waals surface area contributed by atoms with E-state index in [2.05, 4.69) is 42.9 Å². The van der Waals surface area contributed by atoms with Crippen molar-refractivity contribution in [1.82, 2.24) is 20.3 Å². The molecule has 0 aliphatic carbocycles. The molecule has 4 nitrogen and oxygen atoms in total. The highest BCUT2D eigenvalue weighted by Gasteiger charge is 2.16. The van der Waals surface area contributed by atoms with Crippen molar-refractivity contribution in [2.24, 2.45) is 0 Å². The van der Waals surface area contributed by atoms with E-state index >= 15 is 0 Å². The maximum absolute atomic E-state index is 4.59. The van der Waals surface area contributed by atoms with Crippen LogP contribution in [0.4, 0.5) is 0 Å². The van der Waals surface area contributed by atoms with Gasteiger partial charge in [0.2, 0.25) is 0 Å². The second kappa shape index (κ2) is 6.51. The van der Waals surface area contributed by atoms with Crippen LogP contribution in [0.1, 0.15) is 16.6 Å². The molecule has 1 unspecified atom stereocenters. The van der Waals surface area contributed by atoms with Gasteiger partial charge in [0.05, 0.1) is 17.9 Å². The van der Waals surface area contributed by atoms with Crippen molar-refractivity contribution in [2.45, 2.75) is 12.5 Å². The van der Waals surface area contributed by atoms with Gasteiger partial charge in [-0.25, -0.2) is 0 Å². The zero-order chi connectivity index (χ0) is 14.7. The van der Waals surface area contributed by atoms with Crippen molar-refractivity contribution in [3.63, 3.8) is 0 Å². The summed E-state index contributed by atoms with van der Waals surface area (Å²) in [5.41, 5.74) is 1.91. The first-order valence-electron chi connectivity index (χ1n) is 6.64. The summed E-state index contributed by atoms with van der Waals surface area (Å²) >= 11 is 5.33. The smallest absolute Gasteiger partial charge is 0.100 e. The van der Waals surface area contributed by atoms with Crippen molar-refractivity contribution < 1.29 is 0 Å². The Morgan fingerprint density at radius 2 is 2.10 bits per heavy atom. The first-order chi connectivity index (χ1) is 10.3. The first-order valence-corrected chi connectivity index (χ1v) is 8.32. The Morgan fingerprint density at radius 3 is 2.76 bits per heavy atom. The minimum Gasteiger partial charge on any atom is -0.311 e. The second-order valence-corrected chi connectivity index (χ2v) is 6.49. The lowest BCUT2D eigenvalue weighted by Gasteiger charge is -2.12. The lowest BCUT2D eigenvalue weighted by atomic mass is 10.1.